The molecule has 70 valence electrons. The summed E-state index contributed by atoms with van der Waals surface area (Å²) in [5.41, 5.74) is 1.27. The Morgan fingerprint density at radius 1 is 1.00 bits per heavy atom. The Bertz CT molecular complexity index is 484. The molecule has 0 unspecified atom stereocenters. The summed E-state index contributed by atoms with van der Waals surface area (Å²) in [6, 6.07) is 12.6. The van der Waals surface area contributed by atoms with Gasteiger partial charge in [0.25, 0.3) is 0 Å². The highest BCUT2D eigenvalue weighted by Crippen LogP contribution is 2.26. The van der Waals surface area contributed by atoms with Gasteiger partial charge in [-0.05, 0) is 29.3 Å². The topological polar surface area (TPSA) is 0 Å². The predicted molar refractivity (Wildman–Crippen MR) is 66.4 cm³/mol. The Morgan fingerprint density at radius 3 is 2.50 bits per heavy atom. The van der Waals surface area contributed by atoms with E-state index in [1.165, 1.54) is 16.3 Å². The molecule has 0 nitrogen and oxygen atoms in total. The van der Waals surface area contributed by atoms with E-state index in [4.69, 9.17) is 0 Å². The van der Waals surface area contributed by atoms with Crippen LogP contribution in [-0.4, -0.2) is 0 Å². The molecule has 0 fully saturated rings. The van der Waals surface area contributed by atoms with Crippen molar-refractivity contribution in [3.8, 4) is 0 Å². The fourth-order valence-corrected chi connectivity index (χ4v) is 2.12. The lowest BCUT2D eigenvalue weighted by atomic mass is 10.0. The van der Waals surface area contributed by atoms with Crippen molar-refractivity contribution in [1.29, 1.82) is 0 Å². The number of benzene rings is 2. The molecule has 0 saturated carbocycles. The monoisotopic (exact) mass is 246 g/mol. The van der Waals surface area contributed by atoms with Crippen molar-refractivity contribution in [3.05, 3.63) is 52.5 Å². The molecule has 0 heterocycles. The Kier molecular flexibility index (Phi) is 2.69. The minimum Gasteiger partial charge on any atom is -0.0870 e. The van der Waals surface area contributed by atoms with Gasteiger partial charge >= 0.3 is 0 Å². The van der Waals surface area contributed by atoms with Crippen LogP contribution in [0.1, 0.15) is 12.5 Å². The molecule has 0 aliphatic carbocycles. The van der Waals surface area contributed by atoms with Gasteiger partial charge < -0.3 is 0 Å². The van der Waals surface area contributed by atoms with Crippen LogP contribution in [0.25, 0.3) is 16.8 Å². The molecule has 2 aromatic rings. The average molecular weight is 247 g/mol. The maximum Gasteiger partial charge on any atom is 0.0253 e. The standard InChI is InChI=1S/C13H11Br/c1-2-5-10-6-3-8-12-11(10)7-4-9-13(12)14/h2-9H,1H3. The molecule has 14 heavy (non-hydrogen) atoms. The maximum absolute atomic E-state index is 3.56. The minimum atomic E-state index is 1.15. The third kappa shape index (κ3) is 1.60. The lowest BCUT2D eigenvalue weighted by Crippen LogP contribution is -1.78. The quantitative estimate of drug-likeness (QED) is 0.688. The molecule has 0 atom stereocenters. The van der Waals surface area contributed by atoms with Gasteiger partial charge in [-0.15, -0.1) is 0 Å². The van der Waals surface area contributed by atoms with Gasteiger partial charge in [0.15, 0.2) is 0 Å². The Balaban J connectivity index is 2.81. The van der Waals surface area contributed by atoms with Gasteiger partial charge in [0, 0.05) is 4.47 Å². The van der Waals surface area contributed by atoms with E-state index in [1.54, 1.807) is 0 Å². The van der Waals surface area contributed by atoms with Gasteiger partial charge in [0.2, 0.25) is 0 Å². The molecule has 0 aliphatic rings. The van der Waals surface area contributed by atoms with E-state index in [9.17, 15) is 0 Å². The number of halogens is 1. The van der Waals surface area contributed by atoms with E-state index in [2.05, 4.69) is 64.5 Å². The van der Waals surface area contributed by atoms with Gasteiger partial charge in [-0.25, -0.2) is 0 Å². The first-order valence-corrected chi connectivity index (χ1v) is 5.42. The lowest BCUT2D eigenvalue weighted by molar-refractivity contribution is 1.67. The Hall–Kier alpha value is -1.08. The molecule has 0 saturated heterocycles. The third-order valence-corrected chi connectivity index (χ3v) is 2.94. The summed E-state index contributed by atoms with van der Waals surface area (Å²) in [5.74, 6) is 0. The molecule has 0 aromatic heterocycles. The first-order chi connectivity index (χ1) is 6.83. The second-order valence-corrected chi connectivity index (χ2v) is 4.04. The predicted octanol–water partition coefficient (Wildman–Crippen LogP) is 4.64. The van der Waals surface area contributed by atoms with E-state index in [-0.39, 0.29) is 0 Å². The molecule has 0 N–H and O–H groups in total. The molecule has 1 heteroatoms. The van der Waals surface area contributed by atoms with Gasteiger partial charge in [0.1, 0.15) is 0 Å². The summed E-state index contributed by atoms with van der Waals surface area (Å²) in [5, 5.41) is 2.56. The number of hydrogen-bond acceptors (Lipinski definition) is 0. The van der Waals surface area contributed by atoms with Crippen molar-refractivity contribution in [2.24, 2.45) is 0 Å². The zero-order valence-corrected chi connectivity index (χ0v) is 9.58. The molecule has 2 rings (SSSR count). The average Bonchev–Trinajstić information content (AvgIpc) is 2.20. The normalized spacial score (nSPS) is 11.3. The van der Waals surface area contributed by atoms with Crippen LogP contribution in [0.3, 0.4) is 0 Å². The highest BCUT2D eigenvalue weighted by molar-refractivity contribution is 9.10. The zero-order chi connectivity index (χ0) is 9.97. The molecule has 0 aliphatic heterocycles. The van der Waals surface area contributed by atoms with Crippen LogP contribution < -0.4 is 0 Å². The van der Waals surface area contributed by atoms with Crippen LogP contribution in [0.5, 0.6) is 0 Å². The van der Waals surface area contributed by atoms with Crippen molar-refractivity contribution < 1.29 is 0 Å². The Morgan fingerprint density at radius 2 is 1.71 bits per heavy atom. The first-order valence-electron chi connectivity index (χ1n) is 4.63. The number of allylic oxidation sites excluding steroid dienone is 1. The molecule has 2 aromatic carbocycles. The van der Waals surface area contributed by atoms with Gasteiger partial charge in [-0.1, -0.05) is 58.4 Å². The number of fused-ring (bicyclic) bond motifs is 1. The van der Waals surface area contributed by atoms with Crippen molar-refractivity contribution >= 4 is 32.8 Å². The third-order valence-electron chi connectivity index (χ3n) is 2.25. The first kappa shape index (κ1) is 9.47. The summed E-state index contributed by atoms with van der Waals surface area (Å²) in [6.45, 7) is 2.04. The molecular formula is C13H11Br. The highest BCUT2D eigenvalue weighted by atomic mass is 79.9. The summed E-state index contributed by atoms with van der Waals surface area (Å²) < 4.78 is 1.15. The van der Waals surface area contributed by atoms with Crippen molar-refractivity contribution in [2.45, 2.75) is 6.92 Å². The fourth-order valence-electron chi connectivity index (χ4n) is 1.62. The number of rotatable bonds is 1. The Labute approximate surface area is 92.4 Å². The highest BCUT2D eigenvalue weighted by Gasteiger charge is 1.99. The smallest absolute Gasteiger partial charge is 0.0253 e. The second-order valence-electron chi connectivity index (χ2n) is 3.18. The van der Waals surface area contributed by atoms with Crippen molar-refractivity contribution in [1.82, 2.24) is 0 Å². The lowest BCUT2D eigenvalue weighted by Gasteiger charge is -2.03. The van der Waals surface area contributed by atoms with Crippen LogP contribution in [0.2, 0.25) is 0 Å². The summed E-state index contributed by atoms with van der Waals surface area (Å²) in [4.78, 5) is 0. The SMILES string of the molecule is CC=Cc1cccc2c(Br)cccc12. The molecule has 0 bridgehead atoms. The summed E-state index contributed by atoms with van der Waals surface area (Å²) in [7, 11) is 0. The fraction of sp³-hybridized carbons (Fsp3) is 0.0769. The van der Waals surface area contributed by atoms with E-state index in [1.807, 2.05) is 6.92 Å². The van der Waals surface area contributed by atoms with Crippen molar-refractivity contribution in [2.75, 3.05) is 0 Å². The van der Waals surface area contributed by atoms with Crippen LogP contribution >= 0.6 is 15.9 Å². The van der Waals surface area contributed by atoms with Crippen LogP contribution in [0.4, 0.5) is 0 Å². The van der Waals surface area contributed by atoms with Crippen LogP contribution in [-0.2, 0) is 0 Å². The van der Waals surface area contributed by atoms with E-state index in [0.29, 0.717) is 0 Å². The maximum atomic E-state index is 3.56. The van der Waals surface area contributed by atoms with Gasteiger partial charge in [-0.3, -0.25) is 0 Å². The molecular weight excluding hydrogens is 236 g/mol. The van der Waals surface area contributed by atoms with E-state index in [0.717, 1.165) is 4.47 Å². The zero-order valence-electron chi connectivity index (χ0n) is 8.00. The second kappa shape index (κ2) is 3.97. The molecule has 0 radical (unpaired) electrons. The van der Waals surface area contributed by atoms with Gasteiger partial charge in [0.05, 0.1) is 0 Å². The molecule has 0 spiro atoms. The largest absolute Gasteiger partial charge is 0.0870 e. The summed E-state index contributed by atoms with van der Waals surface area (Å²) in [6.07, 6.45) is 4.20. The van der Waals surface area contributed by atoms with Crippen molar-refractivity contribution in [3.63, 3.8) is 0 Å². The van der Waals surface area contributed by atoms with Crippen LogP contribution in [0.15, 0.2) is 46.9 Å². The summed E-state index contributed by atoms with van der Waals surface area (Å²) >= 11 is 3.56. The van der Waals surface area contributed by atoms with Gasteiger partial charge in [-0.2, -0.15) is 0 Å². The van der Waals surface area contributed by atoms with E-state index >= 15 is 0 Å². The molecule has 0 amide bonds. The van der Waals surface area contributed by atoms with E-state index < -0.39 is 0 Å². The number of hydrogen-bond donors (Lipinski definition) is 0. The van der Waals surface area contributed by atoms with Crippen LogP contribution in [0, 0.1) is 0 Å². The minimum absolute atomic E-state index is 1.15.